The highest BCUT2D eigenvalue weighted by atomic mass is 32.2. The first-order valence-corrected chi connectivity index (χ1v) is 9.87. The number of esters is 1. The Hall–Kier alpha value is -2.99. The molecule has 0 aliphatic carbocycles. The van der Waals surface area contributed by atoms with Gasteiger partial charge in [0.05, 0.1) is 15.9 Å². The van der Waals surface area contributed by atoms with Crippen molar-refractivity contribution in [3.63, 3.8) is 0 Å². The van der Waals surface area contributed by atoms with Crippen LogP contribution in [0.5, 0.6) is 0 Å². The maximum absolute atomic E-state index is 13.1. The Morgan fingerprint density at radius 1 is 1.48 bits per heavy atom. The number of hydrogen-bond donors (Lipinski definition) is 2. The summed E-state index contributed by atoms with van der Waals surface area (Å²) in [5.41, 5.74) is 4.91. The first-order chi connectivity index (χ1) is 14.7. The Balaban J connectivity index is 3.31. The van der Waals surface area contributed by atoms with Crippen molar-refractivity contribution in [2.24, 2.45) is 5.73 Å². The number of ether oxygens (including phenoxy) is 1. The molecule has 0 saturated heterocycles. The van der Waals surface area contributed by atoms with Crippen molar-refractivity contribution < 1.29 is 27.0 Å². The number of nitrogens with zero attached hydrogens (tertiary/aromatic N) is 3. The Kier molecular flexibility index (Phi) is 7.02. The van der Waals surface area contributed by atoms with E-state index in [1.165, 1.54) is 0 Å². The lowest BCUT2D eigenvalue weighted by Crippen LogP contribution is -2.52. The molecule has 1 aromatic rings. The number of rotatable bonds is 11. The zero-order valence-corrected chi connectivity index (χ0v) is 16.6. The number of guanidine groups is 1. The second kappa shape index (κ2) is 10.5. The van der Waals surface area contributed by atoms with Gasteiger partial charge in [0, 0.05) is 23.2 Å². The van der Waals surface area contributed by atoms with E-state index in [-0.39, 0.29) is 9.42 Å². The fourth-order valence-corrected chi connectivity index (χ4v) is 3.53. The molecule has 3 N–H and O–H groups in total. The number of benzene rings is 1. The zero-order chi connectivity index (χ0) is 24.7. The second-order valence-corrected chi connectivity index (χ2v) is 7.80. The maximum atomic E-state index is 13.1. The van der Waals surface area contributed by atoms with Crippen LogP contribution in [0.1, 0.15) is 30.3 Å². The number of nitro groups is 1. The molecular weight excluding hydrogens is 402 g/mol. The first kappa shape index (κ1) is 19.3. The van der Waals surface area contributed by atoms with Gasteiger partial charge in [-0.2, -0.15) is 0 Å². The highest BCUT2D eigenvalue weighted by Gasteiger charge is 2.32. The standard InChI is InChI=1S/C17H25N5O6S/c1-4-5-6-7-13(2)28-16(23)12-21(20(3)17(18)19)29(26,27)15-10-8-14(9-11-15)22(24)25/h4,8-11,13H,1,5-7,12H2,2-3H3,(H3,18,19)/i3D3. The minimum Gasteiger partial charge on any atom is -0.462 e. The van der Waals surface area contributed by atoms with Gasteiger partial charge in [-0.15, -0.1) is 6.58 Å². The predicted octanol–water partition coefficient (Wildman–Crippen LogP) is 1.61. The van der Waals surface area contributed by atoms with Crippen molar-refractivity contribution in [1.29, 1.82) is 5.41 Å². The van der Waals surface area contributed by atoms with Crippen LogP contribution in [0.2, 0.25) is 0 Å². The molecule has 1 aromatic carbocycles. The zero-order valence-electron chi connectivity index (χ0n) is 18.8. The molecule has 160 valence electrons. The molecular formula is C17H25N5O6S. The van der Waals surface area contributed by atoms with Gasteiger partial charge in [0.25, 0.3) is 15.7 Å². The average Bonchev–Trinajstić information content (AvgIpc) is 2.66. The third-order valence-electron chi connectivity index (χ3n) is 3.69. The molecule has 0 aliphatic rings. The van der Waals surface area contributed by atoms with Crippen LogP contribution in [0, 0.1) is 15.5 Å². The SMILES string of the molecule is [2H]C([2H])([2H])N(C(=N)N)N(CC(=O)OC(C)CCCC=C)S(=O)(=O)c1ccc([N+](=O)[O-])cc1. The van der Waals surface area contributed by atoms with Crippen molar-refractivity contribution in [2.75, 3.05) is 13.5 Å². The minimum atomic E-state index is -4.78. The van der Waals surface area contributed by atoms with E-state index in [4.69, 9.17) is 20.0 Å². The van der Waals surface area contributed by atoms with Gasteiger partial charge in [-0.3, -0.25) is 25.3 Å². The number of allylic oxidation sites excluding steroid dienone is 1. The molecule has 0 aromatic heterocycles. The third kappa shape index (κ3) is 6.84. The Labute approximate surface area is 173 Å². The smallest absolute Gasteiger partial charge is 0.323 e. The fourth-order valence-electron chi connectivity index (χ4n) is 2.23. The molecule has 0 saturated carbocycles. The number of carbonyl (C=O) groups is 1. The van der Waals surface area contributed by atoms with Crippen LogP contribution in [0.25, 0.3) is 0 Å². The molecule has 0 aliphatic heterocycles. The molecule has 0 radical (unpaired) electrons. The summed E-state index contributed by atoms with van der Waals surface area (Å²) in [4.78, 5) is 21.9. The molecule has 1 atom stereocenters. The van der Waals surface area contributed by atoms with Crippen LogP contribution >= 0.6 is 0 Å². The van der Waals surface area contributed by atoms with E-state index < -0.39 is 57.1 Å². The van der Waals surface area contributed by atoms with Crippen LogP contribution in [0.15, 0.2) is 41.8 Å². The largest absolute Gasteiger partial charge is 0.462 e. The quantitative estimate of drug-likeness (QED) is 0.102. The summed E-state index contributed by atoms with van der Waals surface area (Å²) >= 11 is 0. The van der Waals surface area contributed by atoms with E-state index >= 15 is 0 Å². The summed E-state index contributed by atoms with van der Waals surface area (Å²) < 4.78 is 54.2. The lowest BCUT2D eigenvalue weighted by molar-refractivity contribution is -0.384. The van der Waals surface area contributed by atoms with Gasteiger partial charge in [0.1, 0.15) is 6.54 Å². The van der Waals surface area contributed by atoms with Crippen LogP contribution in [0.4, 0.5) is 5.69 Å². The van der Waals surface area contributed by atoms with Gasteiger partial charge in [0.15, 0.2) is 0 Å². The van der Waals surface area contributed by atoms with Crippen LogP contribution in [0.3, 0.4) is 0 Å². The van der Waals surface area contributed by atoms with Crippen molar-refractivity contribution in [1.82, 2.24) is 9.42 Å². The second-order valence-electron chi connectivity index (χ2n) is 5.95. The van der Waals surface area contributed by atoms with Gasteiger partial charge in [-0.25, -0.2) is 8.42 Å². The number of hydrazine groups is 1. The fraction of sp³-hybridized carbons (Fsp3) is 0.412. The van der Waals surface area contributed by atoms with Gasteiger partial charge in [-0.1, -0.05) is 10.5 Å². The molecule has 0 amide bonds. The number of sulfonamides is 1. The van der Waals surface area contributed by atoms with Crippen molar-refractivity contribution in [2.45, 2.75) is 37.2 Å². The highest BCUT2D eigenvalue weighted by molar-refractivity contribution is 7.89. The molecule has 1 rings (SSSR count). The van der Waals surface area contributed by atoms with Gasteiger partial charge in [-0.05, 0) is 38.3 Å². The van der Waals surface area contributed by atoms with E-state index in [0.717, 1.165) is 24.3 Å². The molecule has 0 fully saturated rings. The van der Waals surface area contributed by atoms with Gasteiger partial charge >= 0.3 is 5.97 Å². The van der Waals surface area contributed by atoms with Crippen molar-refractivity contribution >= 4 is 27.6 Å². The summed E-state index contributed by atoms with van der Waals surface area (Å²) in [5, 5.41) is 18.3. The summed E-state index contributed by atoms with van der Waals surface area (Å²) in [7, 11) is -4.78. The highest BCUT2D eigenvalue weighted by Crippen LogP contribution is 2.21. The van der Waals surface area contributed by atoms with Crippen LogP contribution < -0.4 is 5.73 Å². The Bertz CT molecular complexity index is 952. The Morgan fingerprint density at radius 2 is 2.10 bits per heavy atom. The van der Waals surface area contributed by atoms with E-state index in [1.54, 1.807) is 13.0 Å². The molecule has 0 bridgehead atoms. The topological polar surface area (TPSA) is 160 Å². The van der Waals surface area contributed by atoms with Crippen molar-refractivity contribution in [3.8, 4) is 0 Å². The number of unbranched alkanes of at least 4 members (excludes halogenated alkanes) is 1. The predicted molar refractivity (Wildman–Crippen MR) is 106 cm³/mol. The number of nitro benzene ring substituents is 1. The molecule has 0 heterocycles. The van der Waals surface area contributed by atoms with Crippen LogP contribution in [-0.2, 0) is 19.6 Å². The third-order valence-corrected chi connectivity index (χ3v) is 5.41. The monoisotopic (exact) mass is 430 g/mol. The van der Waals surface area contributed by atoms with Crippen molar-refractivity contribution in [3.05, 3.63) is 47.0 Å². The first-order valence-electron chi connectivity index (χ1n) is 9.93. The molecule has 12 heteroatoms. The number of non-ortho nitro benzene ring substituents is 1. The lowest BCUT2D eigenvalue weighted by Gasteiger charge is -2.30. The molecule has 0 spiro atoms. The van der Waals surface area contributed by atoms with Crippen LogP contribution in [-0.4, -0.2) is 54.3 Å². The van der Waals surface area contributed by atoms with Gasteiger partial charge < -0.3 is 10.5 Å². The molecule has 29 heavy (non-hydrogen) atoms. The summed E-state index contributed by atoms with van der Waals surface area (Å²) in [6.07, 6.45) is 2.90. The number of hydrogen-bond acceptors (Lipinski definition) is 7. The number of nitrogens with two attached hydrogens (primary N) is 1. The summed E-state index contributed by atoms with van der Waals surface area (Å²) in [5.74, 6) is -2.24. The average molecular weight is 431 g/mol. The summed E-state index contributed by atoms with van der Waals surface area (Å²) in [6, 6.07) is 3.56. The van der Waals surface area contributed by atoms with E-state index in [0.29, 0.717) is 19.3 Å². The summed E-state index contributed by atoms with van der Waals surface area (Å²) in [6.45, 7) is 0.830. The lowest BCUT2D eigenvalue weighted by atomic mass is 10.2. The van der Waals surface area contributed by atoms with Gasteiger partial charge in [0.2, 0.25) is 5.96 Å². The Morgan fingerprint density at radius 3 is 2.59 bits per heavy atom. The molecule has 1 unspecified atom stereocenters. The number of carbonyl (C=O) groups excluding carboxylic acids is 1. The van der Waals surface area contributed by atoms with E-state index in [2.05, 4.69) is 6.58 Å². The number of nitrogens with one attached hydrogen (secondary N) is 1. The molecule has 11 nitrogen and oxygen atoms in total. The van der Waals surface area contributed by atoms with E-state index in [1.807, 2.05) is 0 Å². The van der Waals surface area contributed by atoms with E-state index in [9.17, 15) is 23.3 Å². The maximum Gasteiger partial charge on any atom is 0.323 e. The minimum absolute atomic E-state index is 0.0343. The normalized spacial score (nSPS) is 14.2.